The second-order valence-corrected chi connectivity index (χ2v) is 11.4. The molecule has 9 heteroatoms. The highest BCUT2D eigenvalue weighted by atomic mass is 16.6. The van der Waals surface area contributed by atoms with Gasteiger partial charge in [0.05, 0.1) is 11.9 Å². The number of carbonyl (C=O) groups excluding carboxylic acids is 2. The van der Waals surface area contributed by atoms with E-state index in [1.807, 2.05) is 43.6 Å². The molecular weight excluding hydrogens is 518 g/mol. The van der Waals surface area contributed by atoms with Gasteiger partial charge in [-0.1, -0.05) is 37.5 Å². The number of anilines is 2. The lowest BCUT2D eigenvalue weighted by Gasteiger charge is -2.43. The summed E-state index contributed by atoms with van der Waals surface area (Å²) in [5.74, 6) is 0.828. The smallest absolute Gasteiger partial charge is 0.259 e. The van der Waals surface area contributed by atoms with Crippen molar-refractivity contribution in [3.8, 4) is 11.5 Å². The van der Waals surface area contributed by atoms with Gasteiger partial charge in [-0.2, -0.15) is 5.10 Å². The fraction of sp³-hybridized carbons (Fsp3) is 0.469. The first-order valence-electron chi connectivity index (χ1n) is 14.9. The van der Waals surface area contributed by atoms with Crippen molar-refractivity contribution in [2.24, 2.45) is 13.0 Å². The van der Waals surface area contributed by atoms with Crippen LogP contribution in [0.3, 0.4) is 0 Å². The summed E-state index contributed by atoms with van der Waals surface area (Å²) in [6.45, 7) is 2.84. The number of hydrogen-bond donors (Lipinski definition) is 1. The lowest BCUT2D eigenvalue weighted by molar-refractivity contribution is -0.119. The van der Waals surface area contributed by atoms with E-state index < -0.39 is 6.04 Å². The third-order valence-electron chi connectivity index (χ3n) is 8.68. The minimum Gasteiger partial charge on any atom is -0.486 e. The van der Waals surface area contributed by atoms with Crippen LogP contribution in [0.1, 0.15) is 55.3 Å². The van der Waals surface area contributed by atoms with Gasteiger partial charge in [-0.15, -0.1) is 0 Å². The Hall–Kier alpha value is -3.85. The molecule has 0 spiro atoms. The van der Waals surface area contributed by atoms with Gasteiger partial charge in [0.15, 0.2) is 11.5 Å². The van der Waals surface area contributed by atoms with Gasteiger partial charge in [-0.25, -0.2) is 0 Å². The quantitative estimate of drug-likeness (QED) is 0.445. The van der Waals surface area contributed by atoms with Crippen LogP contribution >= 0.6 is 0 Å². The standard InChI is InChI=1S/C32H39N5O4/c1-35-22-27(21-33-35)37(32(39)24-8-4-2-5-9-24)30(23-14-16-36(17-15-23)26-10-6-3-7-11-26)31(38)34-25-12-13-28-29(20-25)41-19-18-40-28/h2,4-5,8-9,12-13,20-23,26,30H,3,6-7,10-11,14-19H2,1H3,(H,34,38). The second kappa shape index (κ2) is 12.3. The first-order valence-corrected chi connectivity index (χ1v) is 14.9. The van der Waals surface area contributed by atoms with Gasteiger partial charge in [0.1, 0.15) is 19.3 Å². The summed E-state index contributed by atoms with van der Waals surface area (Å²) in [5, 5.41) is 7.48. The number of aryl methyl sites for hydroxylation is 1. The topological polar surface area (TPSA) is 88.9 Å². The third-order valence-corrected chi connectivity index (χ3v) is 8.68. The molecule has 1 atom stereocenters. The van der Waals surface area contributed by atoms with Crippen molar-refractivity contribution in [3.63, 3.8) is 0 Å². The van der Waals surface area contributed by atoms with Crippen molar-refractivity contribution < 1.29 is 19.1 Å². The van der Waals surface area contributed by atoms with E-state index >= 15 is 0 Å². The predicted octanol–water partition coefficient (Wildman–Crippen LogP) is 4.89. The maximum atomic E-state index is 14.3. The monoisotopic (exact) mass is 557 g/mol. The minimum atomic E-state index is -0.714. The number of benzene rings is 2. The number of rotatable bonds is 7. The summed E-state index contributed by atoms with van der Waals surface area (Å²) >= 11 is 0. The van der Waals surface area contributed by atoms with E-state index in [0.29, 0.717) is 47.7 Å². The van der Waals surface area contributed by atoms with Crippen molar-refractivity contribution in [3.05, 3.63) is 66.5 Å². The van der Waals surface area contributed by atoms with Gasteiger partial charge in [0.2, 0.25) is 5.91 Å². The van der Waals surface area contributed by atoms with Gasteiger partial charge in [-0.3, -0.25) is 19.2 Å². The van der Waals surface area contributed by atoms with E-state index in [9.17, 15) is 9.59 Å². The van der Waals surface area contributed by atoms with Crippen LogP contribution in [0.4, 0.5) is 11.4 Å². The van der Waals surface area contributed by atoms with Gasteiger partial charge >= 0.3 is 0 Å². The number of hydrogen-bond acceptors (Lipinski definition) is 6. The summed E-state index contributed by atoms with van der Waals surface area (Å²) in [7, 11) is 1.82. The number of nitrogens with one attached hydrogen (secondary N) is 1. The molecule has 2 aliphatic heterocycles. The molecule has 3 aromatic rings. The molecule has 41 heavy (non-hydrogen) atoms. The first-order chi connectivity index (χ1) is 20.1. The van der Waals surface area contributed by atoms with Crippen LogP contribution in [0, 0.1) is 5.92 Å². The highest BCUT2D eigenvalue weighted by molar-refractivity contribution is 6.11. The number of amides is 2. The first kappa shape index (κ1) is 27.3. The number of fused-ring (bicyclic) bond motifs is 1. The molecule has 3 heterocycles. The molecule has 1 saturated carbocycles. The van der Waals surface area contributed by atoms with Gasteiger partial charge in [0.25, 0.3) is 5.91 Å². The molecule has 1 saturated heterocycles. The maximum Gasteiger partial charge on any atom is 0.259 e. The fourth-order valence-corrected chi connectivity index (χ4v) is 6.58. The van der Waals surface area contributed by atoms with Crippen LogP contribution in [-0.4, -0.2) is 64.9 Å². The lowest BCUT2D eigenvalue weighted by Crippen LogP contribution is -2.55. The molecule has 0 bridgehead atoms. The van der Waals surface area contributed by atoms with Crippen molar-refractivity contribution in [1.29, 1.82) is 0 Å². The number of nitrogens with zero attached hydrogens (tertiary/aromatic N) is 4. The molecule has 6 rings (SSSR count). The fourth-order valence-electron chi connectivity index (χ4n) is 6.58. The van der Waals surface area contributed by atoms with Crippen LogP contribution in [0.5, 0.6) is 11.5 Å². The Kier molecular flexibility index (Phi) is 8.23. The van der Waals surface area contributed by atoms with Crippen molar-refractivity contribution in [2.75, 3.05) is 36.5 Å². The predicted molar refractivity (Wildman–Crippen MR) is 157 cm³/mol. The van der Waals surface area contributed by atoms with E-state index in [4.69, 9.17) is 9.47 Å². The average molecular weight is 558 g/mol. The van der Waals surface area contributed by atoms with Crippen molar-refractivity contribution in [2.45, 2.75) is 57.0 Å². The van der Waals surface area contributed by atoms with E-state index in [1.165, 1.54) is 32.1 Å². The Balaban J connectivity index is 1.31. The van der Waals surface area contributed by atoms with Gasteiger partial charge < -0.3 is 19.7 Å². The van der Waals surface area contributed by atoms with Crippen LogP contribution in [0.2, 0.25) is 0 Å². The molecule has 216 valence electrons. The van der Waals surface area contributed by atoms with Gasteiger partial charge in [0, 0.05) is 36.6 Å². The normalized spacial score (nSPS) is 19.0. The molecule has 0 radical (unpaired) electrons. The molecule has 3 aliphatic rings. The molecule has 2 amide bonds. The maximum absolute atomic E-state index is 14.3. The molecule has 9 nitrogen and oxygen atoms in total. The van der Waals surface area contributed by atoms with E-state index in [0.717, 1.165) is 25.9 Å². The van der Waals surface area contributed by atoms with E-state index in [2.05, 4.69) is 15.3 Å². The van der Waals surface area contributed by atoms with Crippen LogP contribution < -0.4 is 19.7 Å². The highest BCUT2D eigenvalue weighted by Crippen LogP contribution is 2.35. The number of ether oxygens (including phenoxy) is 2. The number of aromatic nitrogens is 2. The van der Waals surface area contributed by atoms with Crippen LogP contribution in [-0.2, 0) is 11.8 Å². The number of piperidine rings is 1. The molecule has 1 N–H and O–H groups in total. The van der Waals surface area contributed by atoms with E-state index in [-0.39, 0.29) is 17.7 Å². The summed E-state index contributed by atoms with van der Waals surface area (Å²) in [6.07, 6.45) is 11.6. The Bertz CT molecular complexity index is 1350. The zero-order chi connectivity index (χ0) is 28.2. The molecule has 1 unspecified atom stereocenters. The second-order valence-electron chi connectivity index (χ2n) is 11.4. The molecule has 2 aromatic carbocycles. The highest BCUT2D eigenvalue weighted by Gasteiger charge is 2.41. The summed E-state index contributed by atoms with van der Waals surface area (Å²) < 4.78 is 13.1. The Morgan fingerprint density at radius 2 is 1.68 bits per heavy atom. The van der Waals surface area contributed by atoms with Gasteiger partial charge in [-0.05, 0) is 69.0 Å². The number of carbonyl (C=O) groups is 2. The van der Waals surface area contributed by atoms with Crippen LogP contribution in [0.25, 0.3) is 0 Å². The molecule has 1 aliphatic carbocycles. The Morgan fingerprint density at radius 1 is 0.951 bits per heavy atom. The Morgan fingerprint density at radius 3 is 2.39 bits per heavy atom. The lowest BCUT2D eigenvalue weighted by atomic mass is 9.85. The van der Waals surface area contributed by atoms with Crippen LogP contribution in [0.15, 0.2) is 60.9 Å². The summed E-state index contributed by atoms with van der Waals surface area (Å²) in [6, 6.07) is 14.5. The summed E-state index contributed by atoms with van der Waals surface area (Å²) in [4.78, 5) is 32.7. The summed E-state index contributed by atoms with van der Waals surface area (Å²) in [5.41, 5.74) is 1.76. The van der Waals surface area contributed by atoms with E-state index in [1.54, 1.807) is 34.0 Å². The SMILES string of the molecule is Cn1cc(N(C(=O)c2ccccc2)C(C(=O)Nc2ccc3c(c2)OCCO3)C2CCN(C3CCCCC3)CC2)cn1. The Labute approximate surface area is 241 Å². The minimum absolute atomic E-state index is 0.0140. The average Bonchev–Trinajstić information content (AvgIpc) is 3.46. The number of likely N-dealkylation sites (tertiary alicyclic amines) is 1. The van der Waals surface area contributed by atoms with Crippen molar-refractivity contribution >= 4 is 23.2 Å². The molecular formula is C32H39N5O4. The molecule has 1 aromatic heterocycles. The molecule has 2 fully saturated rings. The van der Waals surface area contributed by atoms with Crippen molar-refractivity contribution in [1.82, 2.24) is 14.7 Å². The third kappa shape index (κ3) is 6.10. The zero-order valence-corrected chi connectivity index (χ0v) is 23.7. The zero-order valence-electron chi connectivity index (χ0n) is 23.7. The largest absolute Gasteiger partial charge is 0.486 e.